The second-order valence-electron chi connectivity index (χ2n) is 5.89. The van der Waals surface area contributed by atoms with Crippen molar-refractivity contribution in [1.29, 1.82) is 0 Å². The van der Waals surface area contributed by atoms with Gasteiger partial charge in [-0.15, -0.1) is 0 Å². The Balaban J connectivity index is 1.98. The van der Waals surface area contributed by atoms with E-state index in [1.807, 2.05) is 25.4 Å². The molecule has 2 rings (SSSR count). The first-order valence-electron chi connectivity index (χ1n) is 7.85. The SMILES string of the molecule is CCCCS(=O)(=O)NCCc1ccc2c(c1)ncn2C(C)C. The molecule has 0 unspecified atom stereocenters. The molecule has 0 saturated carbocycles. The summed E-state index contributed by atoms with van der Waals surface area (Å²) < 4.78 is 28.3. The first kappa shape index (κ1) is 17.0. The molecule has 0 aliphatic heterocycles. The summed E-state index contributed by atoms with van der Waals surface area (Å²) in [5, 5.41) is 0. The zero-order chi connectivity index (χ0) is 16.2. The minimum absolute atomic E-state index is 0.210. The van der Waals surface area contributed by atoms with E-state index in [4.69, 9.17) is 0 Å². The maximum absolute atomic E-state index is 11.7. The molecular formula is C16H25N3O2S. The highest BCUT2D eigenvalue weighted by Crippen LogP contribution is 2.18. The quantitative estimate of drug-likeness (QED) is 0.812. The van der Waals surface area contributed by atoms with Crippen LogP contribution in [0.5, 0.6) is 0 Å². The molecule has 1 aromatic carbocycles. The first-order valence-corrected chi connectivity index (χ1v) is 9.51. The number of rotatable bonds is 8. The molecule has 0 spiro atoms. The Bertz CT molecular complexity index is 720. The van der Waals surface area contributed by atoms with E-state index in [9.17, 15) is 8.42 Å². The Morgan fingerprint density at radius 3 is 2.77 bits per heavy atom. The van der Waals surface area contributed by atoms with Crippen molar-refractivity contribution in [1.82, 2.24) is 14.3 Å². The lowest BCUT2D eigenvalue weighted by Crippen LogP contribution is -2.28. The number of nitrogens with zero attached hydrogens (tertiary/aromatic N) is 2. The minimum Gasteiger partial charge on any atom is -0.328 e. The number of nitrogens with one attached hydrogen (secondary N) is 1. The van der Waals surface area contributed by atoms with Crippen LogP contribution in [0.25, 0.3) is 11.0 Å². The summed E-state index contributed by atoms with van der Waals surface area (Å²) in [6.07, 6.45) is 4.12. The zero-order valence-electron chi connectivity index (χ0n) is 13.5. The number of sulfonamides is 1. The van der Waals surface area contributed by atoms with Gasteiger partial charge in [-0.3, -0.25) is 0 Å². The lowest BCUT2D eigenvalue weighted by atomic mass is 10.1. The number of unbranched alkanes of at least 4 members (excludes halogenated alkanes) is 1. The normalized spacial score (nSPS) is 12.4. The predicted octanol–water partition coefficient (Wildman–Crippen LogP) is 2.88. The van der Waals surface area contributed by atoms with Gasteiger partial charge in [-0.2, -0.15) is 0 Å². The molecular weight excluding hydrogens is 298 g/mol. The first-order chi connectivity index (χ1) is 10.4. The van der Waals surface area contributed by atoms with Crippen molar-refractivity contribution >= 4 is 21.1 Å². The molecule has 0 atom stereocenters. The van der Waals surface area contributed by atoms with Crippen LogP contribution in [0.3, 0.4) is 0 Å². The number of hydrogen-bond donors (Lipinski definition) is 1. The Hall–Kier alpha value is -1.40. The standard InChI is InChI=1S/C16H25N3O2S/c1-4-5-10-22(20,21)18-9-8-14-6-7-16-15(11-14)17-12-19(16)13(2)3/h6-7,11-13,18H,4-5,8-10H2,1-3H3. The number of imidazole rings is 1. The van der Waals surface area contributed by atoms with Gasteiger partial charge < -0.3 is 4.57 Å². The van der Waals surface area contributed by atoms with Crippen LogP contribution in [-0.4, -0.2) is 30.3 Å². The van der Waals surface area contributed by atoms with E-state index in [1.54, 1.807) is 0 Å². The summed E-state index contributed by atoms with van der Waals surface area (Å²) in [7, 11) is -3.13. The molecule has 0 amide bonds. The van der Waals surface area contributed by atoms with Crippen molar-refractivity contribution in [3.8, 4) is 0 Å². The predicted molar refractivity (Wildman–Crippen MR) is 90.5 cm³/mol. The number of aromatic nitrogens is 2. The summed E-state index contributed by atoms with van der Waals surface area (Å²) in [6.45, 7) is 6.67. The summed E-state index contributed by atoms with van der Waals surface area (Å²) in [6, 6.07) is 6.52. The highest BCUT2D eigenvalue weighted by atomic mass is 32.2. The van der Waals surface area contributed by atoms with Gasteiger partial charge in [-0.25, -0.2) is 18.1 Å². The lowest BCUT2D eigenvalue weighted by Gasteiger charge is -2.09. The molecule has 6 heteroatoms. The van der Waals surface area contributed by atoms with Gasteiger partial charge >= 0.3 is 0 Å². The van der Waals surface area contributed by atoms with Crippen molar-refractivity contribution < 1.29 is 8.42 Å². The smallest absolute Gasteiger partial charge is 0.211 e. The van der Waals surface area contributed by atoms with E-state index >= 15 is 0 Å². The van der Waals surface area contributed by atoms with Crippen molar-refractivity contribution in [2.24, 2.45) is 0 Å². The van der Waals surface area contributed by atoms with Crippen molar-refractivity contribution in [2.75, 3.05) is 12.3 Å². The van der Waals surface area contributed by atoms with Crippen LogP contribution < -0.4 is 4.72 Å². The van der Waals surface area contributed by atoms with Crippen LogP contribution in [0.1, 0.15) is 45.2 Å². The molecule has 0 radical (unpaired) electrons. The Kier molecular flexibility index (Phi) is 5.58. The van der Waals surface area contributed by atoms with E-state index in [0.29, 0.717) is 25.4 Å². The summed E-state index contributed by atoms with van der Waals surface area (Å²) in [5.74, 6) is 0.210. The summed E-state index contributed by atoms with van der Waals surface area (Å²) in [5.41, 5.74) is 3.17. The fourth-order valence-electron chi connectivity index (χ4n) is 2.40. The third-order valence-electron chi connectivity index (χ3n) is 3.70. The molecule has 1 heterocycles. The lowest BCUT2D eigenvalue weighted by molar-refractivity contribution is 0.578. The van der Waals surface area contributed by atoms with Crippen LogP contribution in [0.4, 0.5) is 0 Å². The second kappa shape index (κ2) is 7.24. The van der Waals surface area contributed by atoms with Crippen LogP contribution >= 0.6 is 0 Å². The molecule has 1 N–H and O–H groups in total. The van der Waals surface area contributed by atoms with Gasteiger partial charge in [-0.1, -0.05) is 19.4 Å². The van der Waals surface area contributed by atoms with E-state index in [2.05, 4.69) is 34.2 Å². The highest BCUT2D eigenvalue weighted by molar-refractivity contribution is 7.89. The maximum atomic E-state index is 11.7. The Morgan fingerprint density at radius 2 is 2.09 bits per heavy atom. The van der Waals surface area contributed by atoms with Crippen LogP contribution in [0, 0.1) is 0 Å². The largest absolute Gasteiger partial charge is 0.328 e. The van der Waals surface area contributed by atoms with Gasteiger partial charge in [0.05, 0.1) is 23.1 Å². The number of benzene rings is 1. The molecule has 5 nitrogen and oxygen atoms in total. The van der Waals surface area contributed by atoms with Gasteiger partial charge in [0, 0.05) is 12.6 Å². The Morgan fingerprint density at radius 1 is 1.32 bits per heavy atom. The molecule has 2 aromatic rings. The van der Waals surface area contributed by atoms with Crippen LogP contribution in [-0.2, 0) is 16.4 Å². The summed E-state index contributed by atoms with van der Waals surface area (Å²) >= 11 is 0. The molecule has 1 aromatic heterocycles. The van der Waals surface area contributed by atoms with Gasteiger partial charge in [0.1, 0.15) is 0 Å². The second-order valence-corrected chi connectivity index (χ2v) is 7.81. The molecule has 22 heavy (non-hydrogen) atoms. The average Bonchev–Trinajstić information content (AvgIpc) is 2.88. The van der Waals surface area contributed by atoms with Gasteiger partial charge in [0.2, 0.25) is 10.0 Å². The van der Waals surface area contributed by atoms with Gasteiger partial charge in [0.25, 0.3) is 0 Å². The maximum Gasteiger partial charge on any atom is 0.211 e. The van der Waals surface area contributed by atoms with Crippen LogP contribution in [0.2, 0.25) is 0 Å². The minimum atomic E-state index is -3.13. The number of hydrogen-bond acceptors (Lipinski definition) is 3. The average molecular weight is 323 g/mol. The highest BCUT2D eigenvalue weighted by Gasteiger charge is 2.09. The zero-order valence-corrected chi connectivity index (χ0v) is 14.4. The molecule has 0 bridgehead atoms. The van der Waals surface area contributed by atoms with Gasteiger partial charge in [-0.05, 0) is 44.4 Å². The monoisotopic (exact) mass is 323 g/mol. The van der Waals surface area contributed by atoms with Crippen LogP contribution in [0.15, 0.2) is 24.5 Å². The van der Waals surface area contributed by atoms with E-state index < -0.39 is 10.0 Å². The van der Waals surface area contributed by atoms with E-state index in [0.717, 1.165) is 23.0 Å². The van der Waals surface area contributed by atoms with Gasteiger partial charge in [0.15, 0.2) is 0 Å². The molecule has 122 valence electrons. The molecule has 0 saturated heterocycles. The Labute approximate surface area is 132 Å². The number of fused-ring (bicyclic) bond motifs is 1. The summed E-state index contributed by atoms with van der Waals surface area (Å²) in [4.78, 5) is 4.42. The van der Waals surface area contributed by atoms with E-state index in [-0.39, 0.29) is 5.75 Å². The third kappa shape index (κ3) is 4.30. The molecule has 0 aliphatic carbocycles. The molecule has 0 aliphatic rings. The molecule has 0 fully saturated rings. The topological polar surface area (TPSA) is 64.0 Å². The fourth-order valence-corrected chi connectivity index (χ4v) is 3.63. The van der Waals surface area contributed by atoms with Crippen molar-refractivity contribution in [2.45, 2.75) is 46.1 Å². The van der Waals surface area contributed by atoms with Crippen molar-refractivity contribution in [3.63, 3.8) is 0 Å². The third-order valence-corrected chi connectivity index (χ3v) is 5.17. The van der Waals surface area contributed by atoms with Crippen molar-refractivity contribution in [3.05, 3.63) is 30.1 Å². The fraction of sp³-hybridized carbons (Fsp3) is 0.562. The van der Waals surface area contributed by atoms with E-state index in [1.165, 1.54) is 0 Å².